The minimum Gasteiger partial charge on any atom is -0.389 e. The Morgan fingerprint density at radius 3 is 2.50 bits per heavy atom. The lowest BCUT2D eigenvalue weighted by molar-refractivity contribution is -0.138. The van der Waals surface area contributed by atoms with Gasteiger partial charge < -0.3 is 14.9 Å². The second kappa shape index (κ2) is 4.70. The van der Waals surface area contributed by atoms with E-state index in [1.54, 1.807) is 0 Å². The Morgan fingerprint density at radius 2 is 1.95 bits per heavy atom. The first-order valence-corrected chi connectivity index (χ1v) is 6.65. The number of hydrogen-bond acceptors (Lipinski definition) is 3. The molecular weight excluding hydrogens is 301 g/mol. The van der Waals surface area contributed by atoms with Gasteiger partial charge in [0.2, 0.25) is 0 Å². The molecule has 0 saturated carbocycles. The average molecular weight is 314 g/mol. The highest BCUT2D eigenvalue weighted by atomic mass is 19.4. The maximum Gasteiger partial charge on any atom is 0.416 e. The average Bonchev–Trinajstić information content (AvgIpc) is 2.68. The molecule has 0 radical (unpaired) electrons. The maximum atomic E-state index is 13.2. The van der Waals surface area contributed by atoms with Crippen LogP contribution in [0.15, 0.2) is 12.1 Å². The summed E-state index contributed by atoms with van der Waals surface area (Å²) in [5.74, 6) is -1.14. The summed E-state index contributed by atoms with van der Waals surface area (Å²) >= 11 is 0. The van der Waals surface area contributed by atoms with Crippen molar-refractivity contribution in [3.8, 4) is 0 Å². The number of hydrogen-bond donors (Lipinski definition) is 1. The number of rotatable bonds is 1. The van der Waals surface area contributed by atoms with Crippen molar-refractivity contribution < 1.29 is 27.9 Å². The number of fused-ring (bicyclic) bond motifs is 1. The zero-order valence-electron chi connectivity index (χ0n) is 11.6. The lowest BCUT2D eigenvalue weighted by Crippen LogP contribution is -2.53. The third kappa shape index (κ3) is 2.23. The molecule has 3 rings (SSSR count). The Hall–Kier alpha value is -2.09. The zero-order valence-corrected chi connectivity index (χ0v) is 11.6. The Balaban J connectivity index is 2.06. The first-order valence-electron chi connectivity index (χ1n) is 6.65. The van der Waals surface area contributed by atoms with Crippen LogP contribution in [0, 0.1) is 0 Å². The van der Waals surface area contributed by atoms with Crippen LogP contribution in [-0.4, -0.2) is 53.0 Å². The molecule has 5 nitrogen and oxygen atoms in total. The zero-order chi connectivity index (χ0) is 16.2. The summed E-state index contributed by atoms with van der Waals surface area (Å²) in [6, 6.07) is 2.00. The second-order valence-electron chi connectivity index (χ2n) is 5.57. The van der Waals surface area contributed by atoms with Gasteiger partial charge in [-0.05, 0) is 17.7 Å². The summed E-state index contributed by atoms with van der Waals surface area (Å²) in [5.41, 5.74) is -1.31. The molecular formula is C14H13F3N2O3. The number of carbonyl (C=O) groups is 2. The van der Waals surface area contributed by atoms with Crippen LogP contribution in [0.3, 0.4) is 0 Å². The van der Waals surface area contributed by atoms with E-state index < -0.39 is 29.7 Å². The van der Waals surface area contributed by atoms with Crippen molar-refractivity contribution in [2.24, 2.45) is 0 Å². The van der Waals surface area contributed by atoms with Gasteiger partial charge in [-0.25, -0.2) is 0 Å². The Labute approximate surface area is 123 Å². The number of likely N-dealkylation sites (tertiary alicyclic amines) is 1. The van der Waals surface area contributed by atoms with Crippen LogP contribution in [-0.2, 0) is 12.7 Å². The summed E-state index contributed by atoms with van der Waals surface area (Å²) in [5, 5.41) is 9.19. The predicted molar refractivity (Wildman–Crippen MR) is 69.2 cm³/mol. The van der Waals surface area contributed by atoms with Gasteiger partial charge in [-0.3, -0.25) is 9.59 Å². The summed E-state index contributed by atoms with van der Waals surface area (Å²) in [6.07, 6.45) is -5.28. The van der Waals surface area contributed by atoms with E-state index in [1.807, 2.05) is 0 Å². The number of amides is 2. The molecule has 1 fully saturated rings. The highest BCUT2D eigenvalue weighted by Crippen LogP contribution is 2.38. The van der Waals surface area contributed by atoms with E-state index in [1.165, 1.54) is 22.9 Å². The SMILES string of the molecule is CN1Cc2c(cc(C(=O)N3CC(O)C3)cc2C(F)(F)F)C1=O. The first kappa shape index (κ1) is 14.8. The van der Waals surface area contributed by atoms with Gasteiger partial charge in [-0.15, -0.1) is 0 Å². The van der Waals surface area contributed by atoms with Crippen molar-refractivity contribution in [2.45, 2.75) is 18.8 Å². The molecule has 8 heteroatoms. The van der Waals surface area contributed by atoms with Gasteiger partial charge >= 0.3 is 6.18 Å². The van der Waals surface area contributed by atoms with Gasteiger partial charge in [0, 0.05) is 37.8 Å². The van der Waals surface area contributed by atoms with Gasteiger partial charge in [0.15, 0.2) is 0 Å². The number of nitrogens with zero attached hydrogens (tertiary/aromatic N) is 2. The molecule has 0 bridgehead atoms. The molecule has 0 aliphatic carbocycles. The van der Waals surface area contributed by atoms with Crippen molar-refractivity contribution in [3.05, 3.63) is 34.4 Å². The van der Waals surface area contributed by atoms with Crippen molar-refractivity contribution in [2.75, 3.05) is 20.1 Å². The molecule has 1 aromatic carbocycles. The van der Waals surface area contributed by atoms with Gasteiger partial charge in [-0.2, -0.15) is 13.2 Å². The second-order valence-corrected chi connectivity index (χ2v) is 5.57. The molecule has 1 saturated heterocycles. The molecule has 1 N–H and O–H groups in total. The molecule has 0 aromatic heterocycles. The van der Waals surface area contributed by atoms with E-state index in [9.17, 15) is 27.9 Å². The lowest BCUT2D eigenvalue weighted by Gasteiger charge is -2.36. The fourth-order valence-corrected chi connectivity index (χ4v) is 2.73. The number of alkyl halides is 3. The standard InChI is InChI=1S/C14H13F3N2O3/c1-18-6-10-9(13(18)22)2-7(3-11(10)14(15,16)17)12(21)19-4-8(20)5-19/h2-3,8,20H,4-6H2,1H3. The summed E-state index contributed by atoms with van der Waals surface area (Å²) in [4.78, 5) is 26.5. The van der Waals surface area contributed by atoms with E-state index in [2.05, 4.69) is 0 Å². The molecule has 0 spiro atoms. The van der Waals surface area contributed by atoms with E-state index >= 15 is 0 Å². The summed E-state index contributed by atoms with van der Waals surface area (Å²) in [6.45, 7) is 0.0517. The van der Waals surface area contributed by atoms with Crippen LogP contribution in [0.25, 0.3) is 0 Å². The first-order chi connectivity index (χ1) is 10.2. The number of carbonyl (C=O) groups excluding carboxylic acids is 2. The third-order valence-corrected chi connectivity index (χ3v) is 3.92. The van der Waals surface area contributed by atoms with Gasteiger partial charge in [-0.1, -0.05) is 0 Å². The summed E-state index contributed by atoms with van der Waals surface area (Å²) in [7, 11) is 1.41. The van der Waals surface area contributed by atoms with Crippen LogP contribution < -0.4 is 0 Å². The number of aliphatic hydroxyl groups excluding tert-OH is 1. The number of benzene rings is 1. The lowest BCUT2D eigenvalue weighted by atomic mass is 9.97. The molecule has 22 heavy (non-hydrogen) atoms. The minimum absolute atomic E-state index is 0.0817. The topological polar surface area (TPSA) is 60.9 Å². The van der Waals surface area contributed by atoms with E-state index in [0.717, 1.165) is 6.07 Å². The van der Waals surface area contributed by atoms with Crippen molar-refractivity contribution in [1.29, 1.82) is 0 Å². The molecule has 2 amide bonds. The number of aliphatic hydroxyl groups is 1. The molecule has 0 unspecified atom stereocenters. The maximum absolute atomic E-state index is 13.2. The Morgan fingerprint density at radius 1 is 1.32 bits per heavy atom. The van der Waals surface area contributed by atoms with Crippen molar-refractivity contribution in [1.82, 2.24) is 9.80 Å². The molecule has 2 aliphatic heterocycles. The normalized spacial score (nSPS) is 18.5. The van der Waals surface area contributed by atoms with Crippen LogP contribution >= 0.6 is 0 Å². The Kier molecular flexibility index (Phi) is 3.17. The van der Waals surface area contributed by atoms with E-state index in [0.29, 0.717) is 0 Å². The fraction of sp³-hybridized carbons (Fsp3) is 0.429. The number of β-amino-alcohol motifs (C(OH)–C–C–N with tert-alkyl or cyclic N) is 1. The van der Waals surface area contributed by atoms with Crippen molar-refractivity contribution >= 4 is 11.8 Å². The van der Waals surface area contributed by atoms with Crippen LogP contribution in [0.5, 0.6) is 0 Å². The molecule has 2 aliphatic rings. The van der Waals surface area contributed by atoms with Crippen molar-refractivity contribution in [3.63, 3.8) is 0 Å². The largest absolute Gasteiger partial charge is 0.416 e. The van der Waals surface area contributed by atoms with Gasteiger partial charge in [0.1, 0.15) is 0 Å². The smallest absolute Gasteiger partial charge is 0.389 e. The molecule has 1 aromatic rings. The fourth-order valence-electron chi connectivity index (χ4n) is 2.73. The van der Waals surface area contributed by atoms with Gasteiger partial charge in [0.25, 0.3) is 11.8 Å². The minimum atomic E-state index is -4.64. The van der Waals surface area contributed by atoms with Crippen LogP contribution in [0.2, 0.25) is 0 Å². The van der Waals surface area contributed by atoms with E-state index in [-0.39, 0.29) is 36.3 Å². The highest BCUT2D eigenvalue weighted by molar-refractivity contribution is 6.03. The summed E-state index contributed by atoms with van der Waals surface area (Å²) < 4.78 is 39.6. The number of halogens is 3. The van der Waals surface area contributed by atoms with Crippen LogP contribution in [0.1, 0.15) is 31.8 Å². The highest BCUT2D eigenvalue weighted by Gasteiger charge is 2.40. The van der Waals surface area contributed by atoms with Gasteiger partial charge in [0.05, 0.1) is 11.7 Å². The monoisotopic (exact) mass is 314 g/mol. The molecule has 118 valence electrons. The molecule has 0 atom stereocenters. The molecule has 2 heterocycles. The van der Waals surface area contributed by atoms with E-state index in [4.69, 9.17) is 0 Å². The third-order valence-electron chi connectivity index (χ3n) is 3.92. The predicted octanol–water partition coefficient (Wildman–Crippen LogP) is 1.11. The quantitative estimate of drug-likeness (QED) is 0.845. The van der Waals surface area contributed by atoms with Crippen LogP contribution in [0.4, 0.5) is 13.2 Å². The Bertz CT molecular complexity index is 666.